The predicted octanol–water partition coefficient (Wildman–Crippen LogP) is 8.09. The summed E-state index contributed by atoms with van der Waals surface area (Å²) in [6, 6.07) is 0. The summed E-state index contributed by atoms with van der Waals surface area (Å²) in [6.07, 6.45) is 15.3. The molecule has 0 amide bonds. The molecule has 0 bridgehead atoms. The Balaban J connectivity index is 1.63. The average molecular weight is 413 g/mol. The summed E-state index contributed by atoms with van der Waals surface area (Å²) in [4.78, 5) is 0. The Morgan fingerprint density at radius 2 is 1.77 bits per heavy atom. The highest BCUT2D eigenvalue weighted by Crippen LogP contribution is 2.71. The first-order valence-corrected chi connectivity index (χ1v) is 13.1. The van der Waals surface area contributed by atoms with Gasteiger partial charge in [-0.15, -0.1) is 0 Å². The zero-order valence-corrected chi connectivity index (χ0v) is 21.0. The quantitative estimate of drug-likeness (QED) is 0.462. The molecule has 30 heavy (non-hydrogen) atoms. The van der Waals surface area contributed by atoms with Crippen molar-refractivity contribution in [3.63, 3.8) is 0 Å². The molecule has 0 aromatic rings. The normalized spacial score (nSPS) is 46.7. The van der Waals surface area contributed by atoms with Crippen LogP contribution < -0.4 is 0 Å². The molecule has 0 spiro atoms. The Labute approximate surface area is 186 Å². The first kappa shape index (κ1) is 22.6. The second kappa shape index (κ2) is 7.79. The highest BCUT2D eigenvalue weighted by molar-refractivity contribution is 5.38. The summed E-state index contributed by atoms with van der Waals surface area (Å²) in [5.74, 6) is 2.85. The van der Waals surface area contributed by atoms with Crippen molar-refractivity contribution in [3.8, 4) is 0 Å². The Morgan fingerprint density at radius 3 is 2.47 bits per heavy atom. The number of rotatable bonds is 4. The molecule has 0 aliphatic heterocycles. The van der Waals surface area contributed by atoms with E-state index in [2.05, 4.69) is 54.5 Å². The van der Waals surface area contributed by atoms with Crippen LogP contribution >= 0.6 is 0 Å². The largest absolute Gasteiger partial charge is 0.393 e. The molecule has 3 unspecified atom stereocenters. The van der Waals surface area contributed by atoms with E-state index in [1.165, 1.54) is 63.4 Å². The van der Waals surface area contributed by atoms with E-state index in [0.29, 0.717) is 28.1 Å². The smallest absolute Gasteiger partial charge is 0.0569 e. The highest BCUT2D eigenvalue weighted by atomic mass is 16.3. The van der Waals surface area contributed by atoms with Gasteiger partial charge >= 0.3 is 0 Å². The van der Waals surface area contributed by atoms with Crippen LogP contribution in [-0.4, -0.2) is 11.2 Å². The van der Waals surface area contributed by atoms with Crippen LogP contribution in [0.25, 0.3) is 0 Å². The first-order chi connectivity index (χ1) is 14.0. The minimum absolute atomic E-state index is 0.0767. The minimum atomic E-state index is -0.0767. The van der Waals surface area contributed by atoms with E-state index in [0.717, 1.165) is 18.3 Å². The lowest BCUT2D eigenvalue weighted by atomic mass is 9.45. The number of allylic oxidation sites excluding steroid dienone is 4. The molecule has 4 aliphatic carbocycles. The van der Waals surface area contributed by atoms with Crippen LogP contribution in [0.5, 0.6) is 0 Å². The van der Waals surface area contributed by atoms with Gasteiger partial charge in [0.15, 0.2) is 0 Å². The van der Waals surface area contributed by atoms with E-state index in [4.69, 9.17) is 0 Å². The van der Waals surface area contributed by atoms with Gasteiger partial charge < -0.3 is 5.11 Å². The van der Waals surface area contributed by atoms with Crippen LogP contribution in [0.1, 0.15) is 113 Å². The Bertz CT molecular complexity index is 727. The third-order valence-corrected chi connectivity index (χ3v) is 11.2. The van der Waals surface area contributed by atoms with E-state index < -0.39 is 0 Å². The monoisotopic (exact) mass is 412 g/mol. The third-order valence-electron chi connectivity index (χ3n) is 11.2. The van der Waals surface area contributed by atoms with Crippen molar-refractivity contribution in [2.45, 2.75) is 119 Å². The average Bonchev–Trinajstić information content (AvgIpc) is 2.96. The minimum Gasteiger partial charge on any atom is -0.393 e. The van der Waals surface area contributed by atoms with Crippen molar-refractivity contribution in [2.24, 2.45) is 39.9 Å². The first-order valence-electron chi connectivity index (χ1n) is 13.1. The standard InChI is InChI=1S/C29H48O/c1-19(2)9-8-10-20(3)22-13-17-29(7)25-12-11-23-21(4)26(30)15-16-27(23,5)24(25)14-18-28(22,29)6/h9,20-23,26,30H,8,10-18H2,1-7H3/t20-,21?,22-,23?,26?,27+,28+,29+/m1/s1. The SMILES string of the molecule is CC(C)=CCC[C@@H](C)[C@H]1CC[C@@]2(C)C3=C(CC[C@@]12C)[C@@]1(C)CCC(O)C(C)C1CC3. The van der Waals surface area contributed by atoms with E-state index >= 15 is 0 Å². The van der Waals surface area contributed by atoms with Gasteiger partial charge in [0.05, 0.1) is 6.10 Å². The summed E-state index contributed by atoms with van der Waals surface area (Å²) >= 11 is 0. The second-order valence-corrected chi connectivity index (χ2v) is 12.7. The second-order valence-electron chi connectivity index (χ2n) is 12.7. The fourth-order valence-electron chi connectivity index (χ4n) is 9.09. The van der Waals surface area contributed by atoms with Crippen molar-refractivity contribution < 1.29 is 5.11 Å². The predicted molar refractivity (Wildman–Crippen MR) is 128 cm³/mol. The number of hydrogen-bond donors (Lipinski definition) is 1. The summed E-state index contributed by atoms with van der Waals surface area (Å²) in [7, 11) is 0. The molecule has 1 heteroatoms. The number of hydrogen-bond acceptors (Lipinski definition) is 1. The van der Waals surface area contributed by atoms with Crippen molar-refractivity contribution in [3.05, 3.63) is 22.8 Å². The topological polar surface area (TPSA) is 20.2 Å². The van der Waals surface area contributed by atoms with Gasteiger partial charge in [-0.3, -0.25) is 0 Å². The molecule has 1 nitrogen and oxygen atoms in total. The molecule has 4 rings (SSSR count). The molecule has 4 aliphatic rings. The maximum Gasteiger partial charge on any atom is 0.0569 e. The molecule has 2 fully saturated rings. The Morgan fingerprint density at radius 1 is 1.03 bits per heavy atom. The van der Waals surface area contributed by atoms with Crippen LogP contribution in [-0.2, 0) is 0 Å². The van der Waals surface area contributed by atoms with Gasteiger partial charge in [0.25, 0.3) is 0 Å². The maximum atomic E-state index is 10.5. The van der Waals surface area contributed by atoms with Gasteiger partial charge in [0.1, 0.15) is 0 Å². The molecule has 8 atom stereocenters. The number of aliphatic hydroxyl groups is 1. The molecule has 170 valence electrons. The van der Waals surface area contributed by atoms with Crippen LogP contribution in [0.4, 0.5) is 0 Å². The van der Waals surface area contributed by atoms with Crippen LogP contribution in [0, 0.1) is 39.9 Å². The van der Waals surface area contributed by atoms with E-state index in [1.54, 1.807) is 0 Å². The molecule has 0 aromatic heterocycles. The van der Waals surface area contributed by atoms with Crippen LogP contribution in [0.15, 0.2) is 22.8 Å². The molecular formula is C29H48O. The maximum absolute atomic E-state index is 10.5. The molecule has 0 aromatic carbocycles. The molecule has 0 heterocycles. The van der Waals surface area contributed by atoms with Gasteiger partial charge in [-0.05, 0) is 118 Å². The number of aliphatic hydroxyl groups excluding tert-OH is 1. The lowest BCUT2D eigenvalue weighted by molar-refractivity contribution is -0.0412. The fourth-order valence-corrected chi connectivity index (χ4v) is 9.09. The summed E-state index contributed by atoms with van der Waals surface area (Å²) in [5.41, 5.74) is 6.44. The summed E-state index contributed by atoms with van der Waals surface area (Å²) in [5, 5.41) is 10.5. The van der Waals surface area contributed by atoms with Crippen molar-refractivity contribution in [2.75, 3.05) is 0 Å². The molecule has 2 saturated carbocycles. The molecule has 0 saturated heterocycles. The van der Waals surface area contributed by atoms with E-state index in [9.17, 15) is 5.11 Å². The van der Waals surface area contributed by atoms with Crippen molar-refractivity contribution in [1.82, 2.24) is 0 Å². The van der Waals surface area contributed by atoms with Crippen LogP contribution in [0.3, 0.4) is 0 Å². The number of fused-ring (bicyclic) bond motifs is 4. The van der Waals surface area contributed by atoms with Gasteiger partial charge in [-0.1, -0.05) is 57.4 Å². The van der Waals surface area contributed by atoms with E-state index in [1.807, 2.05) is 11.1 Å². The fraction of sp³-hybridized carbons (Fsp3) is 0.862. The van der Waals surface area contributed by atoms with E-state index in [-0.39, 0.29) is 6.10 Å². The lowest BCUT2D eigenvalue weighted by Gasteiger charge is -2.60. The van der Waals surface area contributed by atoms with Gasteiger partial charge in [0.2, 0.25) is 0 Å². The zero-order valence-electron chi connectivity index (χ0n) is 21.0. The Kier molecular flexibility index (Phi) is 5.87. The summed E-state index contributed by atoms with van der Waals surface area (Å²) < 4.78 is 0. The van der Waals surface area contributed by atoms with Gasteiger partial charge in [-0.2, -0.15) is 0 Å². The zero-order chi connectivity index (χ0) is 21.9. The molecule has 0 radical (unpaired) electrons. The molecular weight excluding hydrogens is 364 g/mol. The Hall–Kier alpha value is -0.560. The summed E-state index contributed by atoms with van der Waals surface area (Å²) in [6.45, 7) is 17.3. The van der Waals surface area contributed by atoms with Crippen molar-refractivity contribution in [1.29, 1.82) is 0 Å². The van der Waals surface area contributed by atoms with Crippen LogP contribution in [0.2, 0.25) is 0 Å². The van der Waals surface area contributed by atoms with Gasteiger partial charge in [-0.25, -0.2) is 0 Å². The highest BCUT2D eigenvalue weighted by Gasteiger charge is 2.62. The lowest BCUT2D eigenvalue weighted by Crippen LogP contribution is -2.51. The third kappa shape index (κ3) is 3.20. The van der Waals surface area contributed by atoms with Crippen molar-refractivity contribution >= 4 is 0 Å². The molecule has 1 N–H and O–H groups in total. The van der Waals surface area contributed by atoms with Gasteiger partial charge in [0, 0.05) is 0 Å².